The van der Waals surface area contributed by atoms with Gasteiger partial charge in [0.25, 0.3) is 0 Å². The van der Waals surface area contributed by atoms with Gasteiger partial charge in [0.2, 0.25) is 0 Å². The topological polar surface area (TPSA) is 74.2 Å². The summed E-state index contributed by atoms with van der Waals surface area (Å²) in [5.41, 5.74) is 0.651. The summed E-state index contributed by atoms with van der Waals surface area (Å²) in [5, 5.41) is 19.0. The molecule has 0 aliphatic carbocycles. The lowest BCUT2D eigenvalue weighted by molar-refractivity contribution is 0.103. The summed E-state index contributed by atoms with van der Waals surface area (Å²) in [5.74, 6) is -0.895. The van der Waals surface area contributed by atoms with Crippen LogP contribution >= 0.6 is 11.6 Å². The zero-order valence-electron chi connectivity index (χ0n) is 12.6. The van der Waals surface area contributed by atoms with Gasteiger partial charge in [-0.1, -0.05) is 18.5 Å². The molecule has 0 amide bonds. The zero-order valence-corrected chi connectivity index (χ0v) is 13.3. The molecule has 0 radical (unpaired) electrons. The van der Waals surface area contributed by atoms with Gasteiger partial charge in [-0.2, -0.15) is 5.26 Å². The molecule has 0 saturated heterocycles. The Morgan fingerprint density at radius 2 is 2.12 bits per heavy atom. The quantitative estimate of drug-likeness (QED) is 0.705. The van der Waals surface area contributed by atoms with Gasteiger partial charge < -0.3 is 9.52 Å². The molecule has 2 aromatic carbocycles. The van der Waals surface area contributed by atoms with Gasteiger partial charge in [0.15, 0.2) is 11.5 Å². The Labute approximate surface area is 141 Å². The average Bonchev–Trinajstić information content (AvgIpc) is 2.94. The Bertz CT molecular complexity index is 1020. The third kappa shape index (κ3) is 2.51. The van der Waals surface area contributed by atoms with E-state index < -0.39 is 11.6 Å². The first kappa shape index (κ1) is 16.0. The number of hydrogen-bond acceptors (Lipinski definition) is 4. The molecule has 1 N–H and O–H groups in total. The summed E-state index contributed by atoms with van der Waals surface area (Å²) in [6.45, 7) is 1.81. The lowest BCUT2D eigenvalue weighted by atomic mass is 9.97. The van der Waals surface area contributed by atoms with Crippen LogP contribution in [0.15, 0.2) is 34.7 Å². The number of carbonyl (C=O) groups excluding carboxylic acids is 1. The number of hydrogen-bond donors (Lipinski definition) is 1. The Hall–Kier alpha value is -2.84. The lowest BCUT2D eigenvalue weighted by Crippen LogP contribution is -2.04. The van der Waals surface area contributed by atoms with Crippen molar-refractivity contribution in [3.63, 3.8) is 0 Å². The van der Waals surface area contributed by atoms with Gasteiger partial charge in [0.1, 0.15) is 23.2 Å². The number of rotatable bonds is 3. The molecule has 120 valence electrons. The third-order valence-electron chi connectivity index (χ3n) is 3.72. The third-order valence-corrected chi connectivity index (χ3v) is 4.01. The van der Waals surface area contributed by atoms with Crippen LogP contribution in [0, 0.1) is 17.1 Å². The summed E-state index contributed by atoms with van der Waals surface area (Å²) in [7, 11) is 0. The molecule has 24 heavy (non-hydrogen) atoms. The molecule has 3 rings (SSSR count). The van der Waals surface area contributed by atoms with Crippen molar-refractivity contribution in [2.75, 3.05) is 0 Å². The summed E-state index contributed by atoms with van der Waals surface area (Å²) in [6, 6.07) is 8.26. The maximum atomic E-state index is 13.6. The molecular formula is C18H11ClFNO3. The number of halogens is 2. The van der Waals surface area contributed by atoms with E-state index in [1.165, 1.54) is 30.3 Å². The SMILES string of the molecule is CCc1oc2ccc(F)cc2c1C(=O)c1cc(Cl)c(O)c(C#N)c1. The van der Waals surface area contributed by atoms with Crippen molar-refractivity contribution in [2.24, 2.45) is 0 Å². The Balaban J connectivity index is 2.24. The van der Waals surface area contributed by atoms with Crippen molar-refractivity contribution in [1.29, 1.82) is 5.26 Å². The number of furan rings is 1. The molecule has 1 heterocycles. The minimum atomic E-state index is -0.485. The molecule has 1 aromatic heterocycles. The highest BCUT2D eigenvalue weighted by Gasteiger charge is 2.23. The number of aromatic hydroxyl groups is 1. The van der Waals surface area contributed by atoms with Gasteiger partial charge in [-0.15, -0.1) is 0 Å². The molecular weight excluding hydrogens is 333 g/mol. The maximum absolute atomic E-state index is 13.6. The number of fused-ring (bicyclic) bond motifs is 1. The minimum Gasteiger partial charge on any atom is -0.505 e. The van der Waals surface area contributed by atoms with Crippen LogP contribution in [0.2, 0.25) is 5.02 Å². The van der Waals surface area contributed by atoms with Crippen molar-refractivity contribution in [1.82, 2.24) is 0 Å². The minimum absolute atomic E-state index is 0.102. The zero-order chi connectivity index (χ0) is 17.4. The van der Waals surface area contributed by atoms with Crippen molar-refractivity contribution in [2.45, 2.75) is 13.3 Å². The van der Waals surface area contributed by atoms with Crippen LogP contribution in [0.1, 0.15) is 34.2 Å². The second kappa shape index (κ2) is 5.99. The second-order valence-electron chi connectivity index (χ2n) is 5.19. The van der Waals surface area contributed by atoms with E-state index in [-0.39, 0.29) is 27.5 Å². The summed E-state index contributed by atoms with van der Waals surface area (Å²) >= 11 is 5.88. The van der Waals surface area contributed by atoms with Gasteiger partial charge in [0, 0.05) is 17.4 Å². The first-order valence-electron chi connectivity index (χ1n) is 7.14. The Morgan fingerprint density at radius 1 is 1.38 bits per heavy atom. The fourth-order valence-corrected chi connectivity index (χ4v) is 2.80. The number of phenolic OH excluding ortho intramolecular Hbond substituents is 1. The van der Waals surface area contributed by atoms with Crippen LogP contribution in [0.25, 0.3) is 11.0 Å². The summed E-state index contributed by atoms with van der Waals surface area (Å²) in [4.78, 5) is 12.9. The molecule has 0 fully saturated rings. The van der Waals surface area contributed by atoms with Crippen LogP contribution in [-0.2, 0) is 6.42 Å². The smallest absolute Gasteiger partial charge is 0.197 e. The van der Waals surface area contributed by atoms with Gasteiger partial charge in [-0.3, -0.25) is 4.79 Å². The van der Waals surface area contributed by atoms with Crippen LogP contribution in [0.4, 0.5) is 4.39 Å². The molecule has 0 unspecified atom stereocenters. The predicted octanol–water partition coefficient (Wildman–Crippen LogP) is 4.60. The lowest BCUT2D eigenvalue weighted by Gasteiger charge is -2.05. The largest absolute Gasteiger partial charge is 0.505 e. The highest BCUT2D eigenvalue weighted by atomic mass is 35.5. The van der Waals surface area contributed by atoms with E-state index in [4.69, 9.17) is 21.3 Å². The van der Waals surface area contributed by atoms with E-state index in [1.54, 1.807) is 6.07 Å². The number of phenols is 1. The standard InChI is InChI=1S/C18H11ClFNO3/c1-2-14-16(12-7-11(20)3-4-15(12)24-14)18(23)9-5-10(8-21)17(22)13(19)6-9/h3-7,22H,2H2,1H3. The fourth-order valence-electron chi connectivity index (χ4n) is 2.58. The number of benzene rings is 2. The van der Waals surface area contributed by atoms with E-state index in [1.807, 2.05) is 6.92 Å². The molecule has 0 atom stereocenters. The van der Waals surface area contributed by atoms with Crippen LogP contribution in [0.3, 0.4) is 0 Å². The van der Waals surface area contributed by atoms with Crippen molar-refractivity contribution < 1.29 is 18.7 Å². The van der Waals surface area contributed by atoms with E-state index in [0.717, 1.165) is 0 Å². The van der Waals surface area contributed by atoms with E-state index in [2.05, 4.69) is 0 Å². The van der Waals surface area contributed by atoms with Crippen LogP contribution in [-0.4, -0.2) is 10.9 Å². The van der Waals surface area contributed by atoms with E-state index in [9.17, 15) is 14.3 Å². The molecule has 0 aliphatic rings. The molecule has 0 aliphatic heterocycles. The number of ketones is 1. The monoisotopic (exact) mass is 343 g/mol. The van der Waals surface area contributed by atoms with Gasteiger partial charge in [0.05, 0.1) is 16.1 Å². The Morgan fingerprint density at radius 3 is 2.79 bits per heavy atom. The average molecular weight is 344 g/mol. The van der Waals surface area contributed by atoms with Crippen molar-refractivity contribution in [3.05, 3.63) is 63.6 Å². The molecule has 4 nitrogen and oxygen atoms in total. The number of nitriles is 1. The fraction of sp³-hybridized carbons (Fsp3) is 0.111. The maximum Gasteiger partial charge on any atom is 0.197 e. The number of nitrogens with zero attached hydrogens (tertiary/aromatic N) is 1. The van der Waals surface area contributed by atoms with Gasteiger partial charge in [-0.05, 0) is 30.3 Å². The summed E-state index contributed by atoms with van der Waals surface area (Å²) in [6.07, 6.45) is 0.439. The predicted molar refractivity (Wildman–Crippen MR) is 86.8 cm³/mol. The molecule has 3 aromatic rings. The van der Waals surface area contributed by atoms with Gasteiger partial charge >= 0.3 is 0 Å². The normalized spacial score (nSPS) is 10.8. The van der Waals surface area contributed by atoms with Crippen molar-refractivity contribution >= 4 is 28.4 Å². The molecule has 0 saturated carbocycles. The van der Waals surface area contributed by atoms with E-state index >= 15 is 0 Å². The first-order valence-corrected chi connectivity index (χ1v) is 7.52. The highest BCUT2D eigenvalue weighted by Crippen LogP contribution is 2.33. The van der Waals surface area contributed by atoms with Crippen LogP contribution < -0.4 is 0 Å². The van der Waals surface area contributed by atoms with E-state index in [0.29, 0.717) is 23.2 Å². The van der Waals surface area contributed by atoms with Crippen molar-refractivity contribution in [3.8, 4) is 11.8 Å². The molecule has 0 spiro atoms. The highest BCUT2D eigenvalue weighted by molar-refractivity contribution is 6.33. The molecule has 0 bridgehead atoms. The van der Waals surface area contributed by atoms with Gasteiger partial charge in [-0.25, -0.2) is 4.39 Å². The second-order valence-corrected chi connectivity index (χ2v) is 5.60. The first-order chi connectivity index (χ1) is 11.5. The molecule has 6 heteroatoms. The summed E-state index contributed by atoms with van der Waals surface area (Å²) < 4.78 is 19.2. The van der Waals surface area contributed by atoms with Crippen LogP contribution in [0.5, 0.6) is 5.75 Å². The number of aryl methyl sites for hydroxylation is 1. The Kier molecular flexibility index (Phi) is 4.00. The number of carbonyl (C=O) groups is 1.